The van der Waals surface area contributed by atoms with E-state index in [0.29, 0.717) is 6.54 Å². The zero-order valence-electron chi connectivity index (χ0n) is 14.4. The van der Waals surface area contributed by atoms with Gasteiger partial charge < -0.3 is 5.11 Å². The number of hydrogen-bond acceptors (Lipinski definition) is 4. The van der Waals surface area contributed by atoms with Crippen LogP contribution in [-0.4, -0.2) is 60.4 Å². The highest BCUT2D eigenvalue weighted by atomic mass is 35.5. The van der Waals surface area contributed by atoms with Crippen molar-refractivity contribution in [1.29, 1.82) is 0 Å². The number of sulfonamides is 1. The van der Waals surface area contributed by atoms with Crippen LogP contribution in [0.1, 0.15) is 37.6 Å². The van der Waals surface area contributed by atoms with Crippen LogP contribution >= 0.6 is 11.6 Å². The summed E-state index contributed by atoms with van der Waals surface area (Å²) in [5.74, 6) is -2.45. The Morgan fingerprint density at radius 3 is 2.56 bits per heavy atom. The molecule has 140 valence electrons. The van der Waals surface area contributed by atoms with E-state index in [1.165, 1.54) is 4.31 Å². The number of carbonyl (C=O) groups is 1. The third-order valence-electron chi connectivity index (χ3n) is 4.50. The normalized spacial score (nSPS) is 20.2. The van der Waals surface area contributed by atoms with Crippen LogP contribution in [0, 0.1) is 5.82 Å². The molecule has 1 fully saturated rings. The Morgan fingerprint density at radius 1 is 1.40 bits per heavy atom. The van der Waals surface area contributed by atoms with Gasteiger partial charge in [-0.2, -0.15) is 4.31 Å². The SMILES string of the molecule is CCC1CN(S(=O)(=O)c2cc(C(=O)O)c(Cl)cc2F)CCN1C(C)C. The van der Waals surface area contributed by atoms with Gasteiger partial charge in [0.25, 0.3) is 0 Å². The van der Waals surface area contributed by atoms with Gasteiger partial charge in [-0.25, -0.2) is 17.6 Å². The molecule has 1 atom stereocenters. The summed E-state index contributed by atoms with van der Waals surface area (Å²) < 4.78 is 41.2. The van der Waals surface area contributed by atoms with E-state index in [-0.39, 0.29) is 30.2 Å². The maximum absolute atomic E-state index is 14.2. The van der Waals surface area contributed by atoms with Gasteiger partial charge in [-0.05, 0) is 32.4 Å². The van der Waals surface area contributed by atoms with Crippen LogP contribution in [0.4, 0.5) is 4.39 Å². The van der Waals surface area contributed by atoms with Crippen LogP contribution in [-0.2, 0) is 10.0 Å². The van der Waals surface area contributed by atoms with Crippen molar-refractivity contribution in [1.82, 2.24) is 9.21 Å². The number of hydrogen-bond donors (Lipinski definition) is 1. The Balaban J connectivity index is 2.40. The Bertz CT molecular complexity index is 770. The highest BCUT2D eigenvalue weighted by molar-refractivity contribution is 7.89. The third kappa shape index (κ3) is 3.97. The van der Waals surface area contributed by atoms with Gasteiger partial charge in [-0.15, -0.1) is 0 Å². The fraction of sp³-hybridized carbons (Fsp3) is 0.562. The van der Waals surface area contributed by atoms with Gasteiger partial charge >= 0.3 is 5.97 Å². The van der Waals surface area contributed by atoms with E-state index in [4.69, 9.17) is 16.7 Å². The highest BCUT2D eigenvalue weighted by Crippen LogP contribution is 2.28. The molecule has 1 aromatic carbocycles. The lowest BCUT2D eigenvalue weighted by Gasteiger charge is -2.42. The predicted molar refractivity (Wildman–Crippen MR) is 93.0 cm³/mol. The van der Waals surface area contributed by atoms with Crippen molar-refractivity contribution in [3.05, 3.63) is 28.5 Å². The summed E-state index contributed by atoms with van der Waals surface area (Å²) in [5.41, 5.74) is -0.436. The molecule has 0 amide bonds. The summed E-state index contributed by atoms with van der Waals surface area (Å²) in [6, 6.07) is 1.84. The maximum atomic E-state index is 14.2. The van der Waals surface area contributed by atoms with Crippen molar-refractivity contribution >= 4 is 27.6 Å². The largest absolute Gasteiger partial charge is 0.478 e. The van der Waals surface area contributed by atoms with E-state index in [2.05, 4.69) is 4.90 Å². The summed E-state index contributed by atoms with van der Waals surface area (Å²) in [5, 5.41) is 8.78. The topological polar surface area (TPSA) is 77.9 Å². The standard InChI is InChI=1S/C16H22ClFN2O4S/c1-4-11-9-19(5-6-20(11)10(2)3)25(23,24)15-7-12(16(21)22)13(17)8-14(15)18/h7-8,10-11H,4-6,9H2,1-3H3,(H,21,22). The van der Waals surface area contributed by atoms with E-state index in [0.717, 1.165) is 18.6 Å². The minimum atomic E-state index is -4.15. The monoisotopic (exact) mass is 392 g/mol. The molecule has 1 heterocycles. The second-order valence-electron chi connectivity index (χ2n) is 6.32. The number of rotatable bonds is 5. The van der Waals surface area contributed by atoms with Gasteiger partial charge in [0.15, 0.2) is 0 Å². The van der Waals surface area contributed by atoms with E-state index < -0.39 is 32.3 Å². The first-order valence-electron chi connectivity index (χ1n) is 8.07. The smallest absolute Gasteiger partial charge is 0.337 e. The predicted octanol–water partition coefficient (Wildman–Crippen LogP) is 2.67. The van der Waals surface area contributed by atoms with Crippen LogP contribution in [0.15, 0.2) is 17.0 Å². The number of halogens is 2. The van der Waals surface area contributed by atoms with E-state index >= 15 is 0 Å². The molecular weight excluding hydrogens is 371 g/mol. The van der Waals surface area contributed by atoms with Crippen molar-refractivity contribution in [2.24, 2.45) is 0 Å². The van der Waals surface area contributed by atoms with Crippen molar-refractivity contribution < 1.29 is 22.7 Å². The number of aromatic carboxylic acids is 1. The molecule has 25 heavy (non-hydrogen) atoms. The van der Waals surface area contributed by atoms with Crippen LogP contribution in [0.2, 0.25) is 5.02 Å². The molecule has 2 rings (SSSR count). The summed E-state index contributed by atoms with van der Waals surface area (Å²) in [4.78, 5) is 12.7. The van der Waals surface area contributed by atoms with E-state index in [1.54, 1.807) is 0 Å². The minimum Gasteiger partial charge on any atom is -0.478 e. The van der Waals surface area contributed by atoms with Crippen LogP contribution in [0.25, 0.3) is 0 Å². The van der Waals surface area contributed by atoms with Gasteiger partial charge in [0.2, 0.25) is 10.0 Å². The Hall–Kier alpha value is -1.22. The van der Waals surface area contributed by atoms with Crippen molar-refractivity contribution in [3.63, 3.8) is 0 Å². The lowest BCUT2D eigenvalue weighted by molar-refractivity contribution is 0.0696. The van der Waals surface area contributed by atoms with Gasteiger partial charge in [0.05, 0.1) is 10.6 Å². The molecule has 0 saturated carbocycles. The first-order valence-corrected chi connectivity index (χ1v) is 9.89. The van der Waals surface area contributed by atoms with Crippen molar-refractivity contribution in [3.8, 4) is 0 Å². The molecule has 1 aromatic rings. The van der Waals surface area contributed by atoms with Crippen LogP contribution < -0.4 is 0 Å². The van der Waals surface area contributed by atoms with Gasteiger partial charge in [-0.3, -0.25) is 4.90 Å². The van der Waals surface area contributed by atoms with Gasteiger partial charge in [0.1, 0.15) is 10.7 Å². The molecule has 6 nitrogen and oxygen atoms in total. The average molecular weight is 393 g/mol. The van der Waals surface area contributed by atoms with E-state index in [9.17, 15) is 17.6 Å². The molecule has 9 heteroatoms. The third-order valence-corrected chi connectivity index (χ3v) is 6.69. The van der Waals surface area contributed by atoms with Crippen molar-refractivity contribution in [2.45, 2.75) is 44.2 Å². The second kappa shape index (κ2) is 7.57. The first kappa shape index (κ1) is 20.1. The molecule has 0 aromatic heterocycles. The lowest BCUT2D eigenvalue weighted by Crippen LogP contribution is -2.56. The zero-order valence-corrected chi connectivity index (χ0v) is 15.9. The zero-order chi connectivity index (χ0) is 18.9. The molecule has 0 bridgehead atoms. The molecule has 1 aliphatic rings. The number of carboxylic acids is 1. The molecular formula is C16H22ClFN2O4S. The number of nitrogens with zero attached hydrogens (tertiary/aromatic N) is 2. The summed E-state index contributed by atoms with van der Waals surface area (Å²) in [6.45, 7) is 7.07. The molecule has 1 N–H and O–H groups in total. The number of carboxylic acid groups (broad SMARTS) is 1. The maximum Gasteiger partial charge on any atom is 0.337 e. The fourth-order valence-corrected chi connectivity index (χ4v) is 4.90. The van der Waals surface area contributed by atoms with Crippen LogP contribution in [0.3, 0.4) is 0 Å². The fourth-order valence-electron chi connectivity index (χ4n) is 3.13. The number of piperazine rings is 1. The second-order valence-corrected chi connectivity index (χ2v) is 8.64. The van der Waals surface area contributed by atoms with Crippen LogP contribution in [0.5, 0.6) is 0 Å². The molecule has 1 aliphatic heterocycles. The number of benzene rings is 1. The summed E-state index contributed by atoms with van der Waals surface area (Å²) in [7, 11) is -4.15. The molecule has 1 unspecified atom stereocenters. The lowest BCUT2D eigenvalue weighted by atomic mass is 10.1. The Morgan fingerprint density at radius 2 is 2.04 bits per heavy atom. The average Bonchev–Trinajstić information content (AvgIpc) is 2.53. The quantitative estimate of drug-likeness (QED) is 0.833. The molecule has 1 saturated heterocycles. The van der Waals surface area contributed by atoms with Gasteiger partial charge in [-0.1, -0.05) is 18.5 Å². The van der Waals surface area contributed by atoms with Gasteiger partial charge in [0, 0.05) is 31.7 Å². The van der Waals surface area contributed by atoms with Crippen molar-refractivity contribution in [2.75, 3.05) is 19.6 Å². The highest BCUT2D eigenvalue weighted by Gasteiger charge is 2.36. The minimum absolute atomic E-state index is 0.0258. The molecule has 0 spiro atoms. The molecule has 0 aliphatic carbocycles. The first-order chi connectivity index (χ1) is 11.6. The summed E-state index contributed by atoms with van der Waals surface area (Å²) in [6.07, 6.45) is 0.758. The Labute approximate surface area is 152 Å². The Kier molecular flexibility index (Phi) is 6.09. The molecule has 0 radical (unpaired) electrons. The summed E-state index contributed by atoms with van der Waals surface area (Å²) >= 11 is 5.70. The van der Waals surface area contributed by atoms with E-state index in [1.807, 2.05) is 20.8 Å².